The van der Waals surface area contributed by atoms with Gasteiger partial charge in [-0.3, -0.25) is 9.59 Å². The lowest BCUT2D eigenvalue weighted by molar-refractivity contribution is -0.123. The van der Waals surface area contributed by atoms with Crippen molar-refractivity contribution < 1.29 is 9.59 Å². The maximum absolute atomic E-state index is 12.2. The van der Waals surface area contributed by atoms with Crippen molar-refractivity contribution in [2.24, 2.45) is 0 Å². The second kappa shape index (κ2) is 6.98. The van der Waals surface area contributed by atoms with Gasteiger partial charge in [0.25, 0.3) is 5.91 Å². The number of hydrogen-bond acceptors (Lipinski definition) is 3. The molecule has 2 amide bonds. The van der Waals surface area contributed by atoms with Crippen molar-refractivity contribution in [2.75, 3.05) is 5.73 Å². The molecule has 1 aromatic heterocycles. The SMILES string of the molecule is CCCn1cc(N)cc1C(=O)NC(C)C(=O)NC(C)C. The Morgan fingerprint density at radius 1 is 1.30 bits per heavy atom. The topological polar surface area (TPSA) is 89.2 Å². The molecule has 1 unspecified atom stereocenters. The molecule has 0 saturated carbocycles. The number of anilines is 1. The van der Waals surface area contributed by atoms with Gasteiger partial charge in [0.2, 0.25) is 5.91 Å². The summed E-state index contributed by atoms with van der Waals surface area (Å²) in [5, 5.41) is 5.45. The van der Waals surface area contributed by atoms with Crippen molar-refractivity contribution in [1.29, 1.82) is 0 Å². The Kier molecular flexibility index (Phi) is 5.61. The van der Waals surface area contributed by atoms with Crippen LogP contribution in [0.1, 0.15) is 44.6 Å². The predicted octanol–water partition coefficient (Wildman–Crippen LogP) is 1.12. The maximum Gasteiger partial charge on any atom is 0.268 e. The molecule has 6 nitrogen and oxygen atoms in total. The molecule has 0 fully saturated rings. The van der Waals surface area contributed by atoms with Gasteiger partial charge in [0, 0.05) is 18.8 Å². The summed E-state index contributed by atoms with van der Waals surface area (Å²) in [6, 6.07) is 1.08. The molecule has 0 aromatic carbocycles. The highest BCUT2D eigenvalue weighted by Gasteiger charge is 2.19. The average molecular weight is 280 g/mol. The second-order valence-corrected chi connectivity index (χ2v) is 5.21. The van der Waals surface area contributed by atoms with Crippen molar-refractivity contribution in [2.45, 2.75) is 52.7 Å². The number of carbonyl (C=O) groups excluding carboxylic acids is 2. The highest BCUT2D eigenvalue weighted by molar-refractivity contribution is 5.97. The minimum Gasteiger partial charge on any atom is -0.397 e. The van der Waals surface area contributed by atoms with E-state index >= 15 is 0 Å². The summed E-state index contributed by atoms with van der Waals surface area (Å²) in [5.41, 5.74) is 6.75. The summed E-state index contributed by atoms with van der Waals surface area (Å²) in [7, 11) is 0. The molecule has 0 aliphatic heterocycles. The highest BCUT2D eigenvalue weighted by Crippen LogP contribution is 2.11. The standard InChI is InChI=1S/C14H24N4O2/c1-5-6-18-8-11(15)7-12(18)14(20)17-10(4)13(19)16-9(2)3/h7-10H,5-6,15H2,1-4H3,(H,16,19)(H,17,20). The van der Waals surface area contributed by atoms with Crippen LogP contribution in [-0.2, 0) is 11.3 Å². The summed E-state index contributed by atoms with van der Waals surface area (Å²) < 4.78 is 1.80. The molecule has 6 heteroatoms. The number of rotatable bonds is 6. The lowest BCUT2D eigenvalue weighted by atomic mass is 10.2. The predicted molar refractivity (Wildman–Crippen MR) is 79.3 cm³/mol. The lowest BCUT2D eigenvalue weighted by Crippen LogP contribution is -2.47. The Labute approximate surface area is 119 Å². The Morgan fingerprint density at radius 2 is 1.95 bits per heavy atom. The van der Waals surface area contributed by atoms with Crippen molar-refractivity contribution in [3.63, 3.8) is 0 Å². The van der Waals surface area contributed by atoms with E-state index in [0.717, 1.165) is 6.42 Å². The molecule has 112 valence electrons. The third kappa shape index (κ3) is 4.29. The number of aryl methyl sites for hydroxylation is 1. The van der Waals surface area contributed by atoms with Crippen LogP contribution in [0.4, 0.5) is 5.69 Å². The van der Waals surface area contributed by atoms with Gasteiger partial charge < -0.3 is 20.9 Å². The molecule has 1 atom stereocenters. The number of carbonyl (C=O) groups is 2. The largest absolute Gasteiger partial charge is 0.397 e. The monoisotopic (exact) mass is 280 g/mol. The number of amides is 2. The zero-order valence-electron chi connectivity index (χ0n) is 12.6. The highest BCUT2D eigenvalue weighted by atomic mass is 16.2. The van der Waals surface area contributed by atoms with E-state index in [9.17, 15) is 9.59 Å². The number of nitrogen functional groups attached to an aromatic ring is 1. The van der Waals surface area contributed by atoms with E-state index < -0.39 is 6.04 Å². The van der Waals surface area contributed by atoms with Gasteiger partial charge in [-0.25, -0.2) is 0 Å². The third-order valence-electron chi connectivity index (χ3n) is 2.79. The molecule has 1 rings (SSSR count). The van der Waals surface area contributed by atoms with E-state index in [2.05, 4.69) is 10.6 Å². The molecule has 0 saturated heterocycles. The van der Waals surface area contributed by atoms with Crippen LogP contribution in [0.3, 0.4) is 0 Å². The Balaban J connectivity index is 2.73. The maximum atomic E-state index is 12.2. The summed E-state index contributed by atoms with van der Waals surface area (Å²) >= 11 is 0. The number of nitrogens with zero attached hydrogens (tertiary/aromatic N) is 1. The fourth-order valence-electron chi connectivity index (χ4n) is 1.90. The van der Waals surface area contributed by atoms with Crippen LogP contribution >= 0.6 is 0 Å². The van der Waals surface area contributed by atoms with E-state index in [1.165, 1.54) is 0 Å². The smallest absolute Gasteiger partial charge is 0.268 e. The Bertz CT molecular complexity index is 480. The van der Waals surface area contributed by atoms with Gasteiger partial charge in [-0.1, -0.05) is 6.92 Å². The first kappa shape index (κ1) is 16.1. The van der Waals surface area contributed by atoms with Gasteiger partial charge in [0.15, 0.2) is 0 Å². The normalized spacial score (nSPS) is 12.2. The van der Waals surface area contributed by atoms with Gasteiger partial charge in [-0.15, -0.1) is 0 Å². The fourth-order valence-corrected chi connectivity index (χ4v) is 1.90. The van der Waals surface area contributed by atoms with Gasteiger partial charge in [-0.2, -0.15) is 0 Å². The van der Waals surface area contributed by atoms with Crippen molar-refractivity contribution in [3.8, 4) is 0 Å². The van der Waals surface area contributed by atoms with Crippen LogP contribution in [0.5, 0.6) is 0 Å². The average Bonchev–Trinajstić information content (AvgIpc) is 2.70. The van der Waals surface area contributed by atoms with E-state index in [1.54, 1.807) is 23.8 Å². The zero-order valence-corrected chi connectivity index (χ0v) is 12.6. The van der Waals surface area contributed by atoms with Gasteiger partial charge in [0.05, 0.1) is 5.69 Å². The van der Waals surface area contributed by atoms with E-state index in [4.69, 9.17) is 5.73 Å². The molecule has 1 aromatic rings. The first-order chi connectivity index (χ1) is 9.35. The number of hydrogen-bond donors (Lipinski definition) is 3. The molecule has 1 heterocycles. The molecule has 0 aliphatic carbocycles. The molecule has 0 spiro atoms. The molecule has 0 aliphatic rings. The third-order valence-corrected chi connectivity index (χ3v) is 2.79. The quantitative estimate of drug-likeness (QED) is 0.729. The summed E-state index contributed by atoms with van der Waals surface area (Å²) in [6.45, 7) is 8.15. The summed E-state index contributed by atoms with van der Waals surface area (Å²) in [6.07, 6.45) is 2.63. The molecule has 0 bridgehead atoms. The van der Waals surface area contributed by atoms with Crippen LogP contribution in [-0.4, -0.2) is 28.5 Å². The van der Waals surface area contributed by atoms with Crippen molar-refractivity contribution in [1.82, 2.24) is 15.2 Å². The van der Waals surface area contributed by atoms with Crippen molar-refractivity contribution >= 4 is 17.5 Å². The summed E-state index contributed by atoms with van der Waals surface area (Å²) in [5.74, 6) is -0.489. The van der Waals surface area contributed by atoms with Gasteiger partial charge in [0.1, 0.15) is 11.7 Å². The van der Waals surface area contributed by atoms with E-state index in [0.29, 0.717) is 17.9 Å². The summed E-state index contributed by atoms with van der Waals surface area (Å²) in [4.78, 5) is 24.0. The first-order valence-electron chi connectivity index (χ1n) is 6.92. The van der Waals surface area contributed by atoms with E-state index in [1.807, 2.05) is 20.8 Å². The Hall–Kier alpha value is -1.98. The number of nitrogens with two attached hydrogens (primary N) is 1. The number of aromatic nitrogens is 1. The molecular formula is C14H24N4O2. The molecular weight excluding hydrogens is 256 g/mol. The fraction of sp³-hybridized carbons (Fsp3) is 0.571. The van der Waals surface area contributed by atoms with Crippen LogP contribution in [0.25, 0.3) is 0 Å². The van der Waals surface area contributed by atoms with Crippen LogP contribution in [0.15, 0.2) is 12.3 Å². The van der Waals surface area contributed by atoms with Gasteiger partial charge >= 0.3 is 0 Å². The van der Waals surface area contributed by atoms with Crippen LogP contribution < -0.4 is 16.4 Å². The van der Waals surface area contributed by atoms with Crippen molar-refractivity contribution in [3.05, 3.63) is 18.0 Å². The number of nitrogens with one attached hydrogen (secondary N) is 2. The first-order valence-corrected chi connectivity index (χ1v) is 6.92. The molecule has 0 radical (unpaired) electrons. The van der Waals surface area contributed by atoms with Gasteiger partial charge in [-0.05, 0) is 33.3 Å². The van der Waals surface area contributed by atoms with Crippen LogP contribution in [0.2, 0.25) is 0 Å². The molecule has 20 heavy (non-hydrogen) atoms. The molecule has 4 N–H and O–H groups in total. The minimum absolute atomic E-state index is 0.0430. The Morgan fingerprint density at radius 3 is 2.50 bits per heavy atom. The minimum atomic E-state index is -0.587. The van der Waals surface area contributed by atoms with E-state index in [-0.39, 0.29) is 17.9 Å². The zero-order chi connectivity index (χ0) is 15.3. The second-order valence-electron chi connectivity index (χ2n) is 5.21. The lowest BCUT2D eigenvalue weighted by Gasteiger charge is -2.16. The van der Waals surface area contributed by atoms with Crippen LogP contribution in [0, 0.1) is 0 Å².